The molecule has 0 saturated heterocycles. The molecule has 0 aliphatic carbocycles. The summed E-state index contributed by atoms with van der Waals surface area (Å²) in [5.41, 5.74) is 6.51. The minimum absolute atomic E-state index is 0. The van der Waals surface area contributed by atoms with Crippen LogP contribution in [0.2, 0.25) is 10.0 Å². The van der Waals surface area contributed by atoms with E-state index in [1.54, 1.807) is 18.2 Å². The summed E-state index contributed by atoms with van der Waals surface area (Å²) in [6.45, 7) is 3.62. The third-order valence-corrected chi connectivity index (χ3v) is 2.98. The van der Waals surface area contributed by atoms with Crippen LogP contribution >= 0.6 is 35.6 Å². The summed E-state index contributed by atoms with van der Waals surface area (Å²) in [7, 11) is 0. The van der Waals surface area contributed by atoms with E-state index >= 15 is 0 Å². The molecule has 3 N–H and O–H groups in total. The van der Waals surface area contributed by atoms with Crippen LogP contribution in [0.15, 0.2) is 24.8 Å². The third kappa shape index (κ3) is 3.56. The van der Waals surface area contributed by atoms with Crippen LogP contribution in [0, 0.1) is 0 Å². The fraction of sp³-hybridized carbons (Fsp3) is 0.273. The zero-order valence-electron chi connectivity index (χ0n) is 8.62. The maximum atomic E-state index is 9.73. The maximum absolute atomic E-state index is 9.73. The van der Waals surface area contributed by atoms with E-state index in [4.69, 9.17) is 28.9 Å². The fourth-order valence-corrected chi connectivity index (χ4v) is 1.63. The van der Waals surface area contributed by atoms with Crippen molar-refractivity contribution in [2.75, 3.05) is 0 Å². The molecule has 0 unspecified atom stereocenters. The summed E-state index contributed by atoms with van der Waals surface area (Å²) >= 11 is 11.5. The smallest absolute Gasteiger partial charge is 0.140 e. The van der Waals surface area contributed by atoms with Crippen LogP contribution in [-0.4, -0.2) is 5.11 Å². The van der Waals surface area contributed by atoms with Gasteiger partial charge in [-0.05, 0) is 18.9 Å². The van der Waals surface area contributed by atoms with E-state index in [0.717, 1.165) is 12.8 Å². The molecule has 2 nitrogen and oxygen atoms in total. The van der Waals surface area contributed by atoms with Gasteiger partial charge in [0.2, 0.25) is 0 Å². The van der Waals surface area contributed by atoms with Gasteiger partial charge in [0.15, 0.2) is 0 Å². The number of aromatic hydroxyl groups is 1. The second-order valence-corrected chi connectivity index (χ2v) is 4.06. The fourth-order valence-electron chi connectivity index (χ4n) is 1.31. The SMILES string of the molecule is C=CCC[C@H](N)c1ccc(Cl)c(Cl)c1O.Cl. The molecule has 0 radical (unpaired) electrons. The molecule has 90 valence electrons. The van der Waals surface area contributed by atoms with Crippen LogP contribution in [0.25, 0.3) is 0 Å². The van der Waals surface area contributed by atoms with Crippen molar-refractivity contribution in [1.29, 1.82) is 0 Å². The Balaban J connectivity index is 0.00000225. The largest absolute Gasteiger partial charge is 0.506 e. The monoisotopic (exact) mass is 281 g/mol. The van der Waals surface area contributed by atoms with Gasteiger partial charge < -0.3 is 10.8 Å². The number of allylic oxidation sites excluding steroid dienone is 1. The predicted octanol–water partition coefficient (Wildman–Crippen LogP) is 4.09. The number of hydrogen-bond acceptors (Lipinski definition) is 2. The van der Waals surface area contributed by atoms with E-state index in [2.05, 4.69) is 6.58 Å². The number of benzene rings is 1. The molecule has 0 aliphatic heterocycles. The van der Waals surface area contributed by atoms with Gasteiger partial charge in [-0.1, -0.05) is 35.3 Å². The predicted molar refractivity (Wildman–Crippen MR) is 71.7 cm³/mol. The summed E-state index contributed by atoms with van der Waals surface area (Å²) in [4.78, 5) is 0. The van der Waals surface area contributed by atoms with Gasteiger partial charge in [-0.25, -0.2) is 0 Å². The average Bonchev–Trinajstić information content (AvgIpc) is 2.23. The van der Waals surface area contributed by atoms with E-state index in [-0.39, 0.29) is 29.2 Å². The first-order valence-corrected chi connectivity index (χ1v) is 5.36. The molecule has 1 aromatic carbocycles. The van der Waals surface area contributed by atoms with Crippen molar-refractivity contribution in [2.24, 2.45) is 5.73 Å². The lowest BCUT2D eigenvalue weighted by Crippen LogP contribution is -2.10. The number of hydrogen-bond donors (Lipinski definition) is 2. The van der Waals surface area contributed by atoms with Crippen molar-refractivity contribution in [2.45, 2.75) is 18.9 Å². The lowest BCUT2D eigenvalue weighted by molar-refractivity contribution is 0.459. The summed E-state index contributed by atoms with van der Waals surface area (Å²) in [6, 6.07) is 3.07. The Morgan fingerprint density at radius 1 is 1.44 bits per heavy atom. The first-order chi connectivity index (χ1) is 7.07. The molecule has 0 fully saturated rings. The number of rotatable bonds is 4. The van der Waals surface area contributed by atoms with Gasteiger partial charge >= 0.3 is 0 Å². The molecule has 0 saturated carbocycles. The molecule has 0 spiro atoms. The molecular formula is C11H14Cl3NO. The molecule has 1 rings (SSSR count). The molecule has 0 bridgehead atoms. The summed E-state index contributed by atoms with van der Waals surface area (Å²) in [5.74, 6) is -0.0271. The Kier molecular flexibility index (Phi) is 6.84. The second-order valence-electron chi connectivity index (χ2n) is 3.27. The Morgan fingerprint density at radius 2 is 2.06 bits per heavy atom. The molecule has 1 aromatic rings. The summed E-state index contributed by atoms with van der Waals surface area (Å²) in [5, 5.41) is 10.2. The highest BCUT2D eigenvalue weighted by molar-refractivity contribution is 6.43. The molecule has 0 amide bonds. The highest BCUT2D eigenvalue weighted by Gasteiger charge is 2.14. The van der Waals surface area contributed by atoms with E-state index in [9.17, 15) is 5.11 Å². The molecular weight excluding hydrogens is 268 g/mol. The topological polar surface area (TPSA) is 46.2 Å². The van der Waals surface area contributed by atoms with E-state index < -0.39 is 0 Å². The van der Waals surface area contributed by atoms with E-state index in [0.29, 0.717) is 10.6 Å². The van der Waals surface area contributed by atoms with Crippen LogP contribution in [0.4, 0.5) is 0 Å². The number of phenols is 1. The zero-order valence-corrected chi connectivity index (χ0v) is 10.9. The number of halogens is 3. The molecule has 0 aliphatic rings. The van der Waals surface area contributed by atoms with Crippen LogP contribution in [-0.2, 0) is 0 Å². The van der Waals surface area contributed by atoms with Crippen molar-refractivity contribution >= 4 is 35.6 Å². The minimum Gasteiger partial charge on any atom is -0.506 e. The normalized spacial score (nSPS) is 11.7. The quantitative estimate of drug-likeness (QED) is 0.817. The standard InChI is InChI=1S/C11H13Cl2NO.ClH/c1-2-3-4-9(14)7-5-6-8(12)10(13)11(7)15;/h2,5-6,9,15H,1,3-4,14H2;1H/t9-;/m0./s1. The third-order valence-electron chi connectivity index (χ3n) is 2.18. The van der Waals surface area contributed by atoms with Gasteiger partial charge in [-0.2, -0.15) is 0 Å². The lowest BCUT2D eigenvalue weighted by Gasteiger charge is -2.14. The highest BCUT2D eigenvalue weighted by atomic mass is 35.5. The van der Waals surface area contributed by atoms with Gasteiger partial charge in [0.05, 0.1) is 5.02 Å². The molecule has 0 aromatic heterocycles. The van der Waals surface area contributed by atoms with E-state index in [1.807, 2.05) is 0 Å². The van der Waals surface area contributed by atoms with Crippen molar-refractivity contribution in [3.05, 3.63) is 40.4 Å². The molecule has 0 heterocycles. The molecule has 16 heavy (non-hydrogen) atoms. The first-order valence-electron chi connectivity index (χ1n) is 4.61. The minimum atomic E-state index is -0.252. The van der Waals surface area contributed by atoms with Crippen molar-refractivity contribution in [3.8, 4) is 5.75 Å². The molecule has 5 heteroatoms. The summed E-state index contributed by atoms with van der Waals surface area (Å²) < 4.78 is 0. The lowest BCUT2D eigenvalue weighted by atomic mass is 10.0. The van der Waals surface area contributed by atoms with Gasteiger partial charge in [-0.3, -0.25) is 0 Å². The Labute approximate surface area is 111 Å². The Morgan fingerprint density at radius 3 is 2.62 bits per heavy atom. The number of phenolic OH excluding ortho intramolecular Hbond substituents is 1. The van der Waals surface area contributed by atoms with E-state index in [1.165, 1.54) is 0 Å². The first kappa shape index (κ1) is 15.6. The van der Waals surface area contributed by atoms with Gasteiger partial charge in [-0.15, -0.1) is 19.0 Å². The van der Waals surface area contributed by atoms with Crippen LogP contribution in [0.3, 0.4) is 0 Å². The van der Waals surface area contributed by atoms with Crippen molar-refractivity contribution in [1.82, 2.24) is 0 Å². The van der Waals surface area contributed by atoms with Crippen LogP contribution in [0.1, 0.15) is 24.4 Å². The summed E-state index contributed by atoms with van der Waals surface area (Å²) in [6.07, 6.45) is 3.30. The maximum Gasteiger partial charge on any atom is 0.140 e. The van der Waals surface area contributed by atoms with Gasteiger partial charge in [0, 0.05) is 11.6 Å². The zero-order chi connectivity index (χ0) is 11.4. The van der Waals surface area contributed by atoms with Crippen molar-refractivity contribution in [3.63, 3.8) is 0 Å². The molecule has 1 atom stereocenters. The Hall–Kier alpha value is -0.410. The second kappa shape index (κ2) is 7.02. The van der Waals surface area contributed by atoms with Crippen LogP contribution < -0.4 is 5.73 Å². The van der Waals surface area contributed by atoms with Crippen LogP contribution in [0.5, 0.6) is 5.75 Å². The van der Waals surface area contributed by atoms with Gasteiger partial charge in [0.25, 0.3) is 0 Å². The Bertz CT molecular complexity index is 368. The number of nitrogens with two attached hydrogens (primary N) is 1. The van der Waals surface area contributed by atoms with Crippen molar-refractivity contribution < 1.29 is 5.11 Å². The van der Waals surface area contributed by atoms with Gasteiger partial charge in [0.1, 0.15) is 10.8 Å². The highest BCUT2D eigenvalue weighted by Crippen LogP contribution is 2.37. The average molecular weight is 283 g/mol.